The number of aromatic nitrogens is 2. The summed E-state index contributed by atoms with van der Waals surface area (Å²) in [7, 11) is 1.52. The van der Waals surface area contributed by atoms with Gasteiger partial charge in [-0.2, -0.15) is 0 Å². The van der Waals surface area contributed by atoms with E-state index in [0.29, 0.717) is 22.6 Å². The second kappa shape index (κ2) is 11.7. The normalized spacial score (nSPS) is 12.4. The van der Waals surface area contributed by atoms with Crippen molar-refractivity contribution in [3.05, 3.63) is 69.6 Å². The van der Waals surface area contributed by atoms with Crippen LogP contribution in [-0.4, -0.2) is 53.1 Å². The fourth-order valence-corrected chi connectivity index (χ4v) is 5.82. The molecule has 0 aliphatic heterocycles. The molecule has 0 saturated carbocycles. The van der Waals surface area contributed by atoms with Crippen molar-refractivity contribution in [2.24, 2.45) is 0 Å². The number of fused-ring (bicyclic) bond motifs is 3. The first-order valence-corrected chi connectivity index (χ1v) is 13.3. The van der Waals surface area contributed by atoms with Gasteiger partial charge in [-0.15, -0.1) is 11.3 Å². The van der Waals surface area contributed by atoms with Crippen LogP contribution >= 0.6 is 11.3 Å². The second-order valence-electron chi connectivity index (χ2n) is 8.94. The minimum Gasteiger partial charge on any atom is -0.494 e. The van der Waals surface area contributed by atoms with Crippen LogP contribution in [0, 0.1) is 0 Å². The lowest BCUT2D eigenvalue weighted by Crippen LogP contribution is -2.33. The summed E-state index contributed by atoms with van der Waals surface area (Å²) in [5, 5.41) is 4.47. The molecule has 0 bridgehead atoms. The molecule has 0 fully saturated rings. The maximum absolute atomic E-state index is 13.8. The lowest BCUT2D eigenvalue weighted by atomic mass is 10.1. The molecule has 7 nitrogen and oxygen atoms in total. The highest BCUT2D eigenvalue weighted by molar-refractivity contribution is 7.22. The maximum atomic E-state index is 13.8. The minimum atomic E-state index is -0.205. The van der Waals surface area contributed by atoms with Crippen molar-refractivity contribution < 1.29 is 9.53 Å². The fourth-order valence-electron chi connectivity index (χ4n) is 4.62. The molecule has 0 saturated heterocycles. The summed E-state index contributed by atoms with van der Waals surface area (Å²) in [4.78, 5) is 34.3. The standard InChI is InChI=1S/C28H34N4O3S/c1-5-31(6-2)17-11-12-19(3)30-27(33)26-24(35-4)23-25(36-26)21-14-7-8-15-22(21)32(28(23)34)18-20-13-9-10-16-29-20/h7-10,13-16,19H,5-6,11-12,17-18H2,1-4H3,(H,30,33). The van der Waals surface area contributed by atoms with Crippen molar-refractivity contribution in [1.82, 2.24) is 19.8 Å². The number of pyridine rings is 2. The predicted octanol–water partition coefficient (Wildman–Crippen LogP) is 4.91. The van der Waals surface area contributed by atoms with Gasteiger partial charge in [-0.25, -0.2) is 0 Å². The van der Waals surface area contributed by atoms with E-state index in [-0.39, 0.29) is 17.5 Å². The molecule has 1 unspecified atom stereocenters. The lowest BCUT2D eigenvalue weighted by molar-refractivity contribution is 0.0939. The second-order valence-corrected chi connectivity index (χ2v) is 9.96. The maximum Gasteiger partial charge on any atom is 0.265 e. The molecule has 1 amide bonds. The summed E-state index contributed by atoms with van der Waals surface area (Å²) >= 11 is 1.32. The number of rotatable bonds is 11. The van der Waals surface area contributed by atoms with Gasteiger partial charge < -0.3 is 19.5 Å². The molecule has 0 spiro atoms. The van der Waals surface area contributed by atoms with Crippen LogP contribution in [0.5, 0.6) is 5.75 Å². The van der Waals surface area contributed by atoms with Crippen molar-refractivity contribution in [1.29, 1.82) is 0 Å². The highest BCUT2D eigenvalue weighted by atomic mass is 32.1. The van der Waals surface area contributed by atoms with Gasteiger partial charge in [-0.3, -0.25) is 14.6 Å². The molecular weight excluding hydrogens is 472 g/mol. The number of carbonyl (C=O) groups is 1. The van der Waals surface area contributed by atoms with Crippen molar-refractivity contribution >= 4 is 38.2 Å². The van der Waals surface area contributed by atoms with Crippen LogP contribution in [-0.2, 0) is 6.54 Å². The number of para-hydroxylation sites is 1. The Balaban J connectivity index is 1.69. The first kappa shape index (κ1) is 25.9. The topological polar surface area (TPSA) is 76.5 Å². The molecule has 4 aromatic rings. The molecule has 0 aliphatic carbocycles. The Morgan fingerprint density at radius 3 is 2.61 bits per heavy atom. The Morgan fingerprint density at radius 2 is 1.92 bits per heavy atom. The highest BCUT2D eigenvalue weighted by Crippen LogP contribution is 2.39. The average molecular weight is 507 g/mol. The summed E-state index contributed by atoms with van der Waals surface area (Å²) in [5.74, 6) is 0.136. The number of benzene rings is 1. The van der Waals surface area contributed by atoms with Crippen LogP contribution in [0.25, 0.3) is 21.0 Å². The zero-order valence-electron chi connectivity index (χ0n) is 21.4. The molecule has 8 heteroatoms. The Bertz CT molecular complexity index is 1390. The number of nitrogens with one attached hydrogen (secondary N) is 1. The van der Waals surface area contributed by atoms with Gasteiger partial charge in [0.05, 0.1) is 29.6 Å². The molecular formula is C28H34N4O3S. The van der Waals surface area contributed by atoms with Crippen molar-refractivity contribution in [2.75, 3.05) is 26.7 Å². The number of nitrogens with zero attached hydrogens (tertiary/aromatic N) is 3. The van der Waals surface area contributed by atoms with Gasteiger partial charge in [0.2, 0.25) is 0 Å². The number of hydrogen-bond acceptors (Lipinski definition) is 6. The predicted molar refractivity (Wildman–Crippen MR) is 147 cm³/mol. The molecule has 1 aromatic carbocycles. The molecule has 0 radical (unpaired) electrons. The van der Waals surface area contributed by atoms with Gasteiger partial charge in [0.25, 0.3) is 11.5 Å². The number of amides is 1. The van der Waals surface area contributed by atoms with Gasteiger partial charge in [-0.05, 0) is 57.6 Å². The third kappa shape index (κ3) is 5.29. The lowest BCUT2D eigenvalue weighted by Gasteiger charge is -2.19. The SMILES string of the molecule is CCN(CC)CCCC(C)NC(=O)c1sc2c(c1OC)c(=O)n(Cc1ccccn1)c1ccccc21. The quantitative estimate of drug-likeness (QED) is 0.313. The van der Waals surface area contributed by atoms with E-state index in [1.165, 1.54) is 18.4 Å². The third-order valence-electron chi connectivity index (χ3n) is 6.60. The fraction of sp³-hybridized carbons (Fsp3) is 0.393. The van der Waals surface area contributed by atoms with Gasteiger partial charge in [-0.1, -0.05) is 38.1 Å². The molecule has 190 valence electrons. The molecule has 1 atom stereocenters. The van der Waals surface area contributed by atoms with E-state index in [4.69, 9.17) is 4.74 Å². The van der Waals surface area contributed by atoms with E-state index < -0.39 is 0 Å². The van der Waals surface area contributed by atoms with Crippen LogP contribution in [0.15, 0.2) is 53.5 Å². The van der Waals surface area contributed by atoms with Crippen molar-refractivity contribution in [2.45, 2.75) is 46.2 Å². The first-order chi connectivity index (χ1) is 17.5. The van der Waals surface area contributed by atoms with Crippen LogP contribution in [0.1, 0.15) is 49.0 Å². The number of carbonyl (C=O) groups excluding carboxylic acids is 1. The van der Waals surface area contributed by atoms with E-state index in [1.54, 1.807) is 10.8 Å². The highest BCUT2D eigenvalue weighted by Gasteiger charge is 2.25. The average Bonchev–Trinajstić information content (AvgIpc) is 3.30. The summed E-state index contributed by atoms with van der Waals surface area (Å²) in [6, 6.07) is 13.5. The number of ether oxygens (including phenoxy) is 1. The molecule has 36 heavy (non-hydrogen) atoms. The van der Waals surface area contributed by atoms with Gasteiger partial charge in [0, 0.05) is 17.6 Å². The summed E-state index contributed by atoms with van der Waals surface area (Å²) in [6.45, 7) is 9.76. The van der Waals surface area contributed by atoms with E-state index >= 15 is 0 Å². The number of methoxy groups -OCH3 is 1. The van der Waals surface area contributed by atoms with Gasteiger partial charge in [0.15, 0.2) is 5.75 Å². The van der Waals surface area contributed by atoms with Gasteiger partial charge in [0.1, 0.15) is 10.3 Å². The Kier molecular flexibility index (Phi) is 8.38. The Morgan fingerprint density at radius 1 is 1.17 bits per heavy atom. The molecule has 3 heterocycles. The summed E-state index contributed by atoms with van der Waals surface area (Å²) in [6.07, 6.45) is 3.61. The van der Waals surface area contributed by atoms with E-state index in [2.05, 4.69) is 29.0 Å². The molecule has 3 aromatic heterocycles. The van der Waals surface area contributed by atoms with Crippen molar-refractivity contribution in [3.63, 3.8) is 0 Å². The summed E-state index contributed by atoms with van der Waals surface area (Å²) in [5.41, 5.74) is 1.41. The van der Waals surface area contributed by atoms with Crippen LogP contribution in [0.4, 0.5) is 0 Å². The molecule has 0 aliphatic rings. The zero-order chi connectivity index (χ0) is 25.7. The van der Waals surface area contributed by atoms with E-state index in [1.807, 2.05) is 49.4 Å². The van der Waals surface area contributed by atoms with E-state index in [9.17, 15) is 9.59 Å². The van der Waals surface area contributed by atoms with Gasteiger partial charge >= 0.3 is 0 Å². The summed E-state index contributed by atoms with van der Waals surface area (Å²) < 4.78 is 8.17. The third-order valence-corrected chi connectivity index (χ3v) is 7.81. The molecule has 4 rings (SSSR count). The van der Waals surface area contributed by atoms with Crippen LogP contribution < -0.4 is 15.6 Å². The van der Waals surface area contributed by atoms with Crippen molar-refractivity contribution in [3.8, 4) is 5.75 Å². The minimum absolute atomic E-state index is 0.0144. The zero-order valence-corrected chi connectivity index (χ0v) is 22.2. The Hall–Kier alpha value is -3.23. The molecule has 1 N–H and O–H groups in total. The van der Waals surface area contributed by atoms with Crippen LogP contribution in [0.3, 0.4) is 0 Å². The number of thiophene rings is 1. The smallest absolute Gasteiger partial charge is 0.265 e. The monoisotopic (exact) mass is 506 g/mol. The Labute approximate surface area is 215 Å². The van der Waals surface area contributed by atoms with E-state index in [0.717, 1.165) is 53.8 Å². The van der Waals surface area contributed by atoms with Crippen LogP contribution in [0.2, 0.25) is 0 Å². The first-order valence-electron chi connectivity index (χ1n) is 12.5. The number of hydrogen-bond donors (Lipinski definition) is 1. The largest absolute Gasteiger partial charge is 0.494 e.